The van der Waals surface area contributed by atoms with Crippen LogP contribution in [0.1, 0.15) is 34.4 Å². The highest BCUT2D eigenvalue weighted by atomic mass is 35.5. The van der Waals surface area contributed by atoms with Crippen molar-refractivity contribution < 1.29 is 9.53 Å². The van der Waals surface area contributed by atoms with Crippen molar-refractivity contribution in [2.24, 2.45) is 0 Å². The molecule has 7 heteroatoms. The summed E-state index contributed by atoms with van der Waals surface area (Å²) >= 11 is 7.43. The maximum Gasteiger partial charge on any atom is 0.266 e. The van der Waals surface area contributed by atoms with Crippen LogP contribution in [0.25, 0.3) is 6.08 Å². The summed E-state index contributed by atoms with van der Waals surface area (Å²) in [7, 11) is 1.50. The smallest absolute Gasteiger partial charge is 0.266 e. The zero-order valence-electron chi connectivity index (χ0n) is 14.6. The Labute approximate surface area is 166 Å². The Morgan fingerprint density at radius 3 is 2.81 bits per heavy atom. The summed E-state index contributed by atoms with van der Waals surface area (Å²) in [6.45, 7) is 0. The first kappa shape index (κ1) is 19.0. The van der Waals surface area contributed by atoms with E-state index in [0.29, 0.717) is 26.9 Å². The maximum absolute atomic E-state index is 12.6. The summed E-state index contributed by atoms with van der Waals surface area (Å²) in [6.07, 6.45) is 5.34. The van der Waals surface area contributed by atoms with Crippen LogP contribution < -0.4 is 10.1 Å². The normalized spacial score (nSPS) is 13.3. The van der Waals surface area contributed by atoms with Crippen molar-refractivity contribution in [3.8, 4) is 17.9 Å². The molecule has 0 unspecified atom stereocenters. The van der Waals surface area contributed by atoms with E-state index in [1.54, 1.807) is 18.2 Å². The second-order valence-electron chi connectivity index (χ2n) is 6.04. The highest BCUT2D eigenvalue weighted by molar-refractivity contribution is 7.16. The van der Waals surface area contributed by atoms with E-state index in [0.717, 1.165) is 36.1 Å². The van der Waals surface area contributed by atoms with Crippen LogP contribution in [0.2, 0.25) is 5.02 Å². The maximum atomic E-state index is 12.6. The summed E-state index contributed by atoms with van der Waals surface area (Å²) in [4.78, 5) is 13.8. The van der Waals surface area contributed by atoms with Gasteiger partial charge in [0, 0.05) is 15.5 Å². The highest BCUT2D eigenvalue weighted by Crippen LogP contribution is 2.37. The number of benzene rings is 1. The van der Waals surface area contributed by atoms with Gasteiger partial charge in [-0.15, -0.1) is 11.3 Å². The SMILES string of the molecule is COc1ccc(Cl)cc1/C=C(\C#N)C(=O)Nc1sc2c(c1C#N)CCCC2. The van der Waals surface area contributed by atoms with Crippen molar-refractivity contribution >= 4 is 39.9 Å². The molecule has 1 aromatic carbocycles. The summed E-state index contributed by atoms with van der Waals surface area (Å²) < 4.78 is 5.25. The molecule has 0 atom stereocenters. The van der Waals surface area contributed by atoms with Crippen molar-refractivity contribution in [2.45, 2.75) is 25.7 Å². The lowest BCUT2D eigenvalue weighted by atomic mass is 9.96. The molecule has 1 amide bonds. The molecular formula is C20H16ClN3O2S. The summed E-state index contributed by atoms with van der Waals surface area (Å²) in [6, 6.07) is 9.07. The minimum Gasteiger partial charge on any atom is -0.496 e. The summed E-state index contributed by atoms with van der Waals surface area (Å²) in [5.74, 6) is -0.0566. The van der Waals surface area contributed by atoms with Crippen molar-refractivity contribution in [1.29, 1.82) is 10.5 Å². The number of nitrogens with zero attached hydrogens (tertiary/aromatic N) is 2. The Morgan fingerprint density at radius 1 is 1.33 bits per heavy atom. The van der Waals surface area contributed by atoms with Gasteiger partial charge in [0.1, 0.15) is 28.5 Å². The van der Waals surface area contributed by atoms with Crippen LogP contribution >= 0.6 is 22.9 Å². The van der Waals surface area contributed by atoms with Crippen LogP contribution in [0, 0.1) is 22.7 Å². The van der Waals surface area contributed by atoms with Gasteiger partial charge in [0.25, 0.3) is 5.91 Å². The Morgan fingerprint density at radius 2 is 2.11 bits per heavy atom. The number of halogens is 1. The lowest BCUT2D eigenvalue weighted by Crippen LogP contribution is -2.13. The number of carbonyl (C=O) groups excluding carboxylic acids is 1. The van der Waals surface area contributed by atoms with E-state index >= 15 is 0 Å². The Kier molecular flexibility index (Phi) is 5.81. The third kappa shape index (κ3) is 3.98. The molecule has 1 N–H and O–H groups in total. The van der Waals surface area contributed by atoms with Gasteiger partial charge in [0.2, 0.25) is 0 Å². The minimum atomic E-state index is -0.561. The number of aryl methyl sites for hydroxylation is 1. The number of methoxy groups -OCH3 is 1. The van der Waals surface area contributed by atoms with Crippen molar-refractivity contribution in [3.05, 3.63) is 50.4 Å². The van der Waals surface area contributed by atoms with Crippen molar-refractivity contribution in [1.82, 2.24) is 0 Å². The van der Waals surface area contributed by atoms with Gasteiger partial charge in [-0.1, -0.05) is 11.6 Å². The molecule has 136 valence electrons. The average Bonchev–Trinajstić information content (AvgIpc) is 3.02. The predicted molar refractivity (Wildman–Crippen MR) is 106 cm³/mol. The number of anilines is 1. The third-order valence-corrected chi connectivity index (χ3v) is 5.81. The zero-order chi connectivity index (χ0) is 19.4. The topological polar surface area (TPSA) is 85.9 Å². The van der Waals surface area contributed by atoms with Gasteiger partial charge < -0.3 is 10.1 Å². The number of rotatable bonds is 4. The number of nitrogens with one attached hydrogen (secondary N) is 1. The summed E-state index contributed by atoms with van der Waals surface area (Å²) in [5.41, 5.74) is 1.98. The van der Waals surface area contributed by atoms with Crippen LogP contribution in [0.3, 0.4) is 0 Å². The van der Waals surface area contributed by atoms with Crippen LogP contribution in [-0.2, 0) is 17.6 Å². The molecule has 0 bridgehead atoms. The van der Waals surface area contributed by atoms with E-state index in [-0.39, 0.29) is 5.57 Å². The van der Waals surface area contributed by atoms with E-state index in [1.165, 1.54) is 24.5 Å². The first-order valence-corrected chi connectivity index (χ1v) is 9.58. The lowest BCUT2D eigenvalue weighted by molar-refractivity contribution is -0.112. The molecule has 0 aliphatic heterocycles. The molecule has 0 spiro atoms. The Bertz CT molecular complexity index is 1010. The molecule has 1 aliphatic rings. The van der Waals surface area contributed by atoms with Crippen LogP contribution in [0.5, 0.6) is 5.75 Å². The molecule has 0 saturated heterocycles. The number of nitriles is 2. The average molecular weight is 398 g/mol. The monoisotopic (exact) mass is 397 g/mol. The number of amides is 1. The second-order valence-corrected chi connectivity index (χ2v) is 7.58. The van der Waals surface area contributed by atoms with Gasteiger partial charge in [-0.2, -0.15) is 10.5 Å². The largest absolute Gasteiger partial charge is 0.496 e. The van der Waals surface area contributed by atoms with Crippen molar-refractivity contribution in [2.75, 3.05) is 12.4 Å². The molecular weight excluding hydrogens is 382 g/mol. The van der Waals surface area contributed by atoms with E-state index in [4.69, 9.17) is 16.3 Å². The second kappa shape index (κ2) is 8.26. The number of thiophene rings is 1. The van der Waals surface area contributed by atoms with Gasteiger partial charge in [-0.05, 0) is 55.5 Å². The molecule has 0 fully saturated rings. The molecule has 27 heavy (non-hydrogen) atoms. The number of ether oxygens (including phenoxy) is 1. The fourth-order valence-electron chi connectivity index (χ4n) is 3.06. The molecule has 5 nitrogen and oxygen atoms in total. The van der Waals surface area contributed by atoms with Gasteiger partial charge in [0.05, 0.1) is 12.7 Å². The Hall–Kier alpha value is -2.80. The summed E-state index contributed by atoms with van der Waals surface area (Å²) in [5, 5.41) is 22.7. The number of fused-ring (bicyclic) bond motifs is 1. The quantitative estimate of drug-likeness (QED) is 0.598. The van der Waals surface area contributed by atoms with Crippen LogP contribution in [-0.4, -0.2) is 13.0 Å². The van der Waals surface area contributed by atoms with Gasteiger partial charge in [-0.25, -0.2) is 0 Å². The molecule has 1 aliphatic carbocycles. The number of hydrogen-bond donors (Lipinski definition) is 1. The molecule has 1 heterocycles. The highest BCUT2D eigenvalue weighted by Gasteiger charge is 2.22. The predicted octanol–water partition coefficient (Wildman–Crippen LogP) is 4.71. The van der Waals surface area contributed by atoms with E-state index in [1.807, 2.05) is 6.07 Å². The van der Waals surface area contributed by atoms with Gasteiger partial charge >= 0.3 is 0 Å². The van der Waals surface area contributed by atoms with Crippen LogP contribution in [0.15, 0.2) is 23.8 Å². The standard InChI is InChI=1S/C20H16ClN3O2S/c1-26-17-7-6-14(21)9-12(17)8-13(10-22)19(25)24-20-16(11-23)15-4-2-3-5-18(15)27-20/h6-9H,2-5H2,1H3,(H,24,25)/b13-8+. The first-order chi connectivity index (χ1) is 13.1. The van der Waals surface area contributed by atoms with E-state index < -0.39 is 5.91 Å². The third-order valence-electron chi connectivity index (χ3n) is 4.37. The van der Waals surface area contributed by atoms with E-state index in [2.05, 4.69) is 11.4 Å². The molecule has 0 radical (unpaired) electrons. The lowest BCUT2D eigenvalue weighted by Gasteiger charge is -2.09. The fourth-order valence-corrected chi connectivity index (χ4v) is 4.48. The minimum absolute atomic E-state index is 0.0918. The van der Waals surface area contributed by atoms with Crippen molar-refractivity contribution in [3.63, 3.8) is 0 Å². The zero-order valence-corrected chi connectivity index (χ0v) is 16.2. The van der Waals surface area contributed by atoms with E-state index in [9.17, 15) is 15.3 Å². The van der Waals surface area contributed by atoms with Gasteiger partial charge in [-0.3, -0.25) is 4.79 Å². The number of hydrogen-bond acceptors (Lipinski definition) is 5. The van der Waals surface area contributed by atoms with Crippen LogP contribution in [0.4, 0.5) is 5.00 Å². The fraction of sp³-hybridized carbons (Fsp3) is 0.250. The first-order valence-electron chi connectivity index (χ1n) is 8.38. The van der Waals surface area contributed by atoms with Gasteiger partial charge in [0.15, 0.2) is 0 Å². The Balaban J connectivity index is 1.92. The molecule has 3 rings (SSSR count). The molecule has 2 aromatic rings. The molecule has 0 saturated carbocycles. The molecule has 1 aromatic heterocycles. The number of carbonyl (C=O) groups is 1.